The third-order valence-electron chi connectivity index (χ3n) is 3.95. The Kier molecular flexibility index (Phi) is 5.25. The largest absolute Gasteiger partial charge is 0.508 e. The Morgan fingerprint density at radius 1 is 1.04 bits per heavy atom. The molecule has 0 aliphatic heterocycles. The number of phenols is 4. The summed E-state index contributed by atoms with van der Waals surface area (Å²) in [7, 11) is 0. The maximum atomic E-state index is 12.2. The highest BCUT2D eigenvalue weighted by Gasteiger charge is 2.24. The zero-order valence-corrected chi connectivity index (χ0v) is 14.3. The summed E-state index contributed by atoms with van der Waals surface area (Å²) >= 11 is 0. The lowest BCUT2D eigenvalue weighted by Crippen LogP contribution is -2.15. The van der Waals surface area contributed by atoms with E-state index in [1.54, 1.807) is 0 Å². The molecule has 2 aromatic rings. The maximum absolute atomic E-state index is 12.2. The van der Waals surface area contributed by atoms with Crippen LogP contribution in [0.15, 0.2) is 12.1 Å². The second-order valence-electron chi connectivity index (χ2n) is 5.78. The Hall–Kier alpha value is -3.75. The molecule has 142 valence electrons. The second-order valence-corrected chi connectivity index (χ2v) is 5.78. The zero-order valence-electron chi connectivity index (χ0n) is 14.3. The summed E-state index contributed by atoms with van der Waals surface area (Å²) < 4.78 is 5.01. The minimum absolute atomic E-state index is 0.0628. The Bertz CT molecular complexity index is 960. The highest BCUT2D eigenvalue weighted by molar-refractivity contribution is 5.95. The first-order valence-electron chi connectivity index (χ1n) is 7.57. The summed E-state index contributed by atoms with van der Waals surface area (Å²) in [4.78, 5) is 34.5. The molecule has 0 atom stereocenters. The first kappa shape index (κ1) is 19.6. The number of ether oxygens (including phenoxy) is 1. The summed E-state index contributed by atoms with van der Waals surface area (Å²) in [5, 5.41) is 48.5. The number of phenolic OH excluding ortho intramolecular Hbond substituents is 3. The van der Waals surface area contributed by atoms with Crippen molar-refractivity contribution in [2.75, 3.05) is 0 Å². The van der Waals surface area contributed by atoms with E-state index in [9.17, 15) is 39.9 Å². The SMILES string of the molecule is Cc1cc(O)c(C=O)c(O)c1OC(=O)Cc1cc(O)c(C)c(O)c1C(=O)O. The molecule has 0 fully saturated rings. The number of aryl methyl sites for hydroxylation is 1. The summed E-state index contributed by atoms with van der Waals surface area (Å²) in [6, 6.07) is 2.12. The Labute approximate surface area is 152 Å². The van der Waals surface area contributed by atoms with Crippen molar-refractivity contribution in [3.8, 4) is 28.7 Å². The quantitative estimate of drug-likeness (QED) is 0.297. The molecule has 0 bridgehead atoms. The van der Waals surface area contributed by atoms with Gasteiger partial charge in [0.25, 0.3) is 0 Å². The molecule has 0 amide bonds. The van der Waals surface area contributed by atoms with Gasteiger partial charge >= 0.3 is 11.9 Å². The molecule has 0 heterocycles. The first-order valence-corrected chi connectivity index (χ1v) is 7.57. The smallest absolute Gasteiger partial charge is 0.339 e. The van der Waals surface area contributed by atoms with Gasteiger partial charge in [-0.2, -0.15) is 0 Å². The number of carboxylic acid groups (broad SMARTS) is 1. The predicted molar refractivity (Wildman–Crippen MR) is 90.7 cm³/mol. The second kappa shape index (κ2) is 7.24. The van der Waals surface area contributed by atoms with Gasteiger partial charge in [-0.3, -0.25) is 9.59 Å². The van der Waals surface area contributed by atoms with Crippen LogP contribution in [0.3, 0.4) is 0 Å². The van der Waals surface area contributed by atoms with E-state index < -0.39 is 52.5 Å². The highest BCUT2D eigenvalue weighted by Crippen LogP contribution is 2.39. The van der Waals surface area contributed by atoms with Crippen LogP contribution in [0.25, 0.3) is 0 Å². The summed E-state index contributed by atoms with van der Waals surface area (Å²) in [5.74, 6) is -5.25. The van der Waals surface area contributed by atoms with Crippen LogP contribution in [0.1, 0.15) is 37.4 Å². The van der Waals surface area contributed by atoms with E-state index in [1.165, 1.54) is 13.8 Å². The van der Waals surface area contributed by atoms with Crippen molar-refractivity contribution < 1.29 is 44.7 Å². The molecule has 9 heteroatoms. The van der Waals surface area contributed by atoms with E-state index in [0.717, 1.165) is 12.1 Å². The molecule has 0 saturated carbocycles. The molecule has 0 aliphatic carbocycles. The lowest BCUT2D eigenvalue weighted by atomic mass is 9.99. The third-order valence-corrected chi connectivity index (χ3v) is 3.95. The van der Waals surface area contributed by atoms with Gasteiger partial charge < -0.3 is 30.3 Å². The van der Waals surface area contributed by atoms with E-state index in [-0.39, 0.29) is 28.7 Å². The molecule has 0 aromatic heterocycles. The molecule has 2 aromatic carbocycles. The normalized spacial score (nSPS) is 10.4. The van der Waals surface area contributed by atoms with E-state index in [4.69, 9.17) is 4.74 Å². The fourth-order valence-electron chi connectivity index (χ4n) is 2.51. The van der Waals surface area contributed by atoms with Crippen LogP contribution < -0.4 is 4.74 Å². The van der Waals surface area contributed by atoms with Crippen molar-refractivity contribution in [2.24, 2.45) is 0 Å². The molecule has 9 nitrogen and oxygen atoms in total. The van der Waals surface area contributed by atoms with E-state index >= 15 is 0 Å². The number of carbonyl (C=O) groups is 3. The zero-order chi connectivity index (χ0) is 20.5. The van der Waals surface area contributed by atoms with Crippen molar-refractivity contribution >= 4 is 18.2 Å². The molecule has 27 heavy (non-hydrogen) atoms. The molecule has 2 rings (SSSR count). The number of carbonyl (C=O) groups excluding carboxylic acids is 2. The number of hydrogen-bond acceptors (Lipinski definition) is 8. The van der Waals surface area contributed by atoms with Crippen LogP contribution in [0, 0.1) is 13.8 Å². The fraction of sp³-hybridized carbons (Fsp3) is 0.167. The number of hydrogen-bond donors (Lipinski definition) is 5. The average Bonchev–Trinajstić information content (AvgIpc) is 2.56. The predicted octanol–water partition coefficient (Wildman–Crippen LogP) is 1.78. The van der Waals surface area contributed by atoms with Gasteiger partial charge in [0, 0.05) is 5.56 Å². The number of aromatic carboxylic acids is 1. The summed E-state index contributed by atoms with van der Waals surface area (Å²) in [6.07, 6.45) is -0.473. The molecule has 0 aliphatic rings. The maximum Gasteiger partial charge on any atom is 0.339 e. The van der Waals surface area contributed by atoms with Crippen molar-refractivity contribution in [1.29, 1.82) is 0 Å². The summed E-state index contributed by atoms with van der Waals surface area (Å²) in [5.41, 5.74) is -1.16. The van der Waals surface area contributed by atoms with Gasteiger partial charge in [-0.1, -0.05) is 0 Å². The van der Waals surface area contributed by atoms with Gasteiger partial charge in [0.15, 0.2) is 17.8 Å². The van der Waals surface area contributed by atoms with E-state index in [1.807, 2.05) is 0 Å². The summed E-state index contributed by atoms with van der Waals surface area (Å²) in [6.45, 7) is 2.71. The van der Waals surface area contributed by atoms with Gasteiger partial charge in [-0.25, -0.2) is 4.79 Å². The molecule has 0 radical (unpaired) electrons. The van der Waals surface area contributed by atoms with Gasteiger partial charge in [-0.15, -0.1) is 0 Å². The number of carboxylic acids is 1. The highest BCUT2D eigenvalue weighted by atomic mass is 16.5. The van der Waals surface area contributed by atoms with Gasteiger partial charge in [-0.05, 0) is 37.1 Å². The van der Waals surface area contributed by atoms with Gasteiger partial charge in [0.2, 0.25) is 0 Å². The molecular formula is C18H16O9. The van der Waals surface area contributed by atoms with Gasteiger partial charge in [0.1, 0.15) is 28.4 Å². The lowest BCUT2D eigenvalue weighted by Gasteiger charge is -2.14. The van der Waals surface area contributed by atoms with Crippen molar-refractivity contribution in [2.45, 2.75) is 20.3 Å². The van der Waals surface area contributed by atoms with Crippen LogP contribution in [-0.2, 0) is 11.2 Å². The monoisotopic (exact) mass is 376 g/mol. The Morgan fingerprint density at radius 3 is 2.22 bits per heavy atom. The van der Waals surface area contributed by atoms with E-state index in [0.29, 0.717) is 0 Å². The number of esters is 1. The van der Waals surface area contributed by atoms with Crippen LogP contribution >= 0.6 is 0 Å². The van der Waals surface area contributed by atoms with Crippen LogP contribution in [-0.4, -0.2) is 43.8 Å². The fourth-order valence-corrected chi connectivity index (χ4v) is 2.51. The number of benzene rings is 2. The minimum Gasteiger partial charge on any atom is -0.508 e. The van der Waals surface area contributed by atoms with Crippen LogP contribution in [0.2, 0.25) is 0 Å². The van der Waals surface area contributed by atoms with Crippen LogP contribution in [0.5, 0.6) is 28.7 Å². The molecule has 0 saturated heterocycles. The standard InChI is InChI=1S/C18H16O9/c1-7-3-12(21)10(6-19)16(24)17(7)27-13(22)5-9-4-11(20)8(2)15(23)14(9)18(25)26/h3-4,6,20-21,23-24H,5H2,1-2H3,(H,25,26). The number of aromatic hydroxyl groups is 4. The molecular weight excluding hydrogens is 360 g/mol. The van der Waals surface area contributed by atoms with E-state index in [2.05, 4.69) is 0 Å². The third kappa shape index (κ3) is 3.61. The average molecular weight is 376 g/mol. The Balaban J connectivity index is 2.41. The van der Waals surface area contributed by atoms with Crippen LogP contribution in [0.4, 0.5) is 0 Å². The molecule has 0 spiro atoms. The minimum atomic E-state index is -1.51. The Morgan fingerprint density at radius 2 is 1.67 bits per heavy atom. The first-order chi connectivity index (χ1) is 12.6. The van der Waals surface area contributed by atoms with Crippen molar-refractivity contribution in [3.05, 3.63) is 39.9 Å². The number of rotatable bonds is 5. The van der Waals surface area contributed by atoms with Gasteiger partial charge in [0.05, 0.1) is 6.42 Å². The molecule has 0 unspecified atom stereocenters. The topological polar surface area (TPSA) is 162 Å². The number of aldehydes is 1. The van der Waals surface area contributed by atoms with Crippen molar-refractivity contribution in [3.63, 3.8) is 0 Å². The molecule has 5 N–H and O–H groups in total. The lowest BCUT2D eigenvalue weighted by molar-refractivity contribution is -0.133. The van der Waals surface area contributed by atoms with Crippen molar-refractivity contribution in [1.82, 2.24) is 0 Å².